The molecular formula is C17H14Cl3N3OS. The first-order valence-electron chi connectivity index (χ1n) is 7.32. The van der Waals surface area contributed by atoms with Crippen LogP contribution in [0.3, 0.4) is 0 Å². The molecule has 25 heavy (non-hydrogen) atoms. The summed E-state index contributed by atoms with van der Waals surface area (Å²) >= 11 is 19.3. The van der Waals surface area contributed by atoms with Gasteiger partial charge in [-0.25, -0.2) is 4.98 Å². The van der Waals surface area contributed by atoms with Crippen molar-refractivity contribution in [2.75, 3.05) is 11.1 Å². The van der Waals surface area contributed by atoms with Gasteiger partial charge in [-0.2, -0.15) is 0 Å². The molecule has 4 nitrogen and oxygen atoms in total. The lowest BCUT2D eigenvalue weighted by atomic mass is 10.1. The third kappa shape index (κ3) is 3.17. The molecule has 0 aliphatic carbocycles. The Kier molecular flexibility index (Phi) is 4.86. The molecule has 0 aliphatic rings. The van der Waals surface area contributed by atoms with Crippen LogP contribution in [-0.4, -0.2) is 10.9 Å². The van der Waals surface area contributed by atoms with Gasteiger partial charge in [-0.1, -0.05) is 34.8 Å². The highest BCUT2D eigenvalue weighted by molar-refractivity contribution is 7.21. The number of aryl methyl sites for hydroxylation is 2. The highest BCUT2D eigenvalue weighted by Gasteiger charge is 2.21. The van der Waals surface area contributed by atoms with Crippen molar-refractivity contribution in [1.82, 2.24) is 4.98 Å². The average molecular weight is 415 g/mol. The highest BCUT2D eigenvalue weighted by atomic mass is 35.5. The van der Waals surface area contributed by atoms with E-state index in [2.05, 4.69) is 10.3 Å². The Morgan fingerprint density at radius 1 is 1.08 bits per heavy atom. The highest BCUT2D eigenvalue weighted by Crippen LogP contribution is 2.38. The summed E-state index contributed by atoms with van der Waals surface area (Å²) in [6, 6.07) is 2.99. The number of thiophene rings is 1. The van der Waals surface area contributed by atoms with Crippen molar-refractivity contribution in [3.8, 4) is 0 Å². The Bertz CT molecular complexity index is 1030. The topological polar surface area (TPSA) is 68.0 Å². The van der Waals surface area contributed by atoms with Gasteiger partial charge in [-0.05, 0) is 44.0 Å². The van der Waals surface area contributed by atoms with Crippen LogP contribution in [0.4, 0.5) is 11.4 Å². The maximum atomic E-state index is 12.7. The maximum Gasteiger partial charge on any atom is 0.267 e. The molecular weight excluding hydrogens is 401 g/mol. The third-order valence-corrected chi connectivity index (χ3v) is 6.27. The van der Waals surface area contributed by atoms with Crippen molar-refractivity contribution >= 4 is 73.6 Å². The second-order valence-corrected chi connectivity index (χ2v) is 7.89. The van der Waals surface area contributed by atoms with Crippen LogP contribution in [0.15, 0.2) is 12.1 Å². The van der Waals surface area contributed by atoms with E-state index in [-0.39, 0.29) is 5.91 Å². The lowest BCUT2D eigenvalue weighted by molar-refractivity contribution is 0.103. The van der Waals surface area contributed by atoms with Gasteiger partial charge in [0, 0.05) is 11.1 Å². The summed E-state index contributed by atoms with van der Waals surface area (Å²) in [6.45, 7) is 5.91. The minimum atomic E-state index is -0.365. The molecule has 2 aromatic heterocycles. The van der Waals surface area contributed by atoms with Crippen molar-refractivity contribution in [3.05, 3.63) is 48.9 Å². The van der Waals surface area contributed by atoms with Crippen LogP contribution in [0, 0.1) is 20.8 Å². The smallest absolute Gasteiger partial charge is 0.267 e. The standard InChI is InChI=1S/C17H14Cl3N3OS/c1-6-7(2)13-14(21)15(25-17(13)22-8(6)3)16(24)23-12-5-10(19)9(18)4-11(12)20/h4-5H,21H2,1-3H3,(H,23,24). The summed E-state index contributed by atoms with van der Waals surface area (Å²) in [4.78, 5) is 18.4. The molecule has 0 radical (unpaired) electrons. The van der Waals surface area contributed by atoms with Gasteiger partial charge >= 0.3 is 0 Å². The quantitative estimate of drug-likeness (QED) is 0.504. The van der Waals surface area contributed by atoms with Gasteiger partial charge in [0.05, 0.1) is 26.4 Å². The molecule has 3 rings (SSSR count). The molecule has 0 unspecified atom stereocenters. The minimum Gasteiger partial charge on any atom is -0.397 e. The van der Waals surface area contributed by atoms with Gasteiger partial charge in [-0.3, -0.25) is 4.79 Å². The molecule has 0 bridgehead atoms. The molecule has 3 aromatic rings. The van der Waals surface area contributed by atoms with Crippen molar-refractivity contribution in [1.29, 1.82) is 0 Å². The van der Waals surface area contributed by atoms with Gasteiger partial charge in [0.15, 0.2) is 0 Å². The summed E-state index contributed by atoms with van der Waals surface area (Å²) in [5, 5.41) is 4.46. The number of nitrogens with one attached hydrogen (secondary N) is 1. The van der Waals surface area contributed by atoms with Gasteiger partial charge in [-0.15, -0.1) is 11.3 Å². The van der Waals surface area contributed by atoms with E-state index in [0.29, 0.717) is 31.3 Å². The van der Waals surface area contributed by atoms with Crippen LogP contribution in [0.2, 0.25) is 15.1 Å². The van der Waals surface area contributed by atoms with E-state index in [4.69, 9.17) is 40.5 Å². The van der Waals surface area contributed by atoms with E-state index in [1.165, 1.54) is 23.5 Å². The Morgan fingerprint density at radius 3 is 2.40 bits per heavy atom. The molecule has 0 spiro atoms. The van der Waals surface area contributed by atoms with Crippen LogP contribution < -0.4 is 11.1 Å². The van der Waals surface area contributed by atoms with Crippen LogP contribution in [0.1, 0.15) is 26.5 Å². The zero-order chi connectivity index (χ0) is 18.5. The first-order chi connectivity index (χ1) is 11.7. The van der Waals surface area contributed by atoms with E-state index in [1.54, 1.807) is 0 Å². The summed E-state index contributed by atoms with van der Waals surface area (Å²) < 4.78 is 0. The lowest BCUT2D eigenvalue weighted by Crippen LogP contribution is -2.12. The molecule has 8 heteroatoms. The van der Waals surface area contributed by atoms with Crippen LogP contribution in [0.25, 0.3) is 10.2 Å². The summed E-state index contributed by atoms with van der Waals surface area (Å²) in [6.07, 6.45) is 0. The second kappa shape index (κ2) is 6.65. The van der Waals surface area contributed by atoms with Gasteiger partial charge in [0.2, 0.25) is 0 Å². The third-order valence-electron chi connectivity index (χ3n) is 4.14. The number of nitrogens with two attached hydrogens (primary N) is 1. The SMILES string of the molecule is Cc1nc2sc(C(=O)Nc3cc(Cl)c(Cl)cc3Cl)c(N)c2c(C)c1C. The molecule has 0 aliphatic heterocycles. The van der Waals surface area contributed by atoms with E-state index in [0.717, 1.165) is 27.0 Å². The minimum absolute atomic E-state index is 0.295. The zero-order valence-corrected chi connectivity index (χ0v) is 16.7. The fourth-order valence-corrected chi connectivity index (χ4v) is 4.22. The van der Waals surface area contributed by atoms with Crippen LogP contribution in [0.5, 0.6) is 0 Å². The Labute approximate surface area is 163 Å². The number of amides is 1. The number of aromatic nitrogens is 1. The number of carbonyl (C=O) groups is 1. The summed E-state index contributed by atoms with van der Waals surface area (Å²) in [5.41, 5.74) is 10.0. The van der Waals surface area contributed by atoms with E-state index in [1.807, 2.05) is 20.8 Å². The second-order valence-electron chi connectivity index (χ2n) is 5.67. The molecule has 3 N–H and O–H groups in total. The van der Waals surface area contributed by atoms with Crippen LogP contribution in [-0.2, 0) is 0 Å². The van der Waals surface area contributed by atoms with Gasteiger partial charge < -0.3 is 11.1 Å². The lowest BCUT2D eigenvalue weighted by Gasteiger charge is -2.08. The summed E-state index contributed by atoms with van der Waals surface area (Å²) in [7, 11) is 0. The molecule has 0 saturated carbocycles. The number of hydrogen-bond donors (Lipinski definition) is 2. The molecule has 130 valence electrons. The predicted molar refractivity (Wildman–Crippen MR) is 108 cm³/mol. The van der Waals surface area contributed by atoms with E-state index in [9.17, 15) is 4.79 Å². The zero-order valence-electron chi connectivity index (χ0n) is 13.6. The van der Waals surface area contributed by atoms with Crippen molar-refractivity contribution < 1.29 is 4.79 Å². The Balaban J connectivity index is 2.05. The predicted octanol–water partition coefficient (Wildman–Crippen LogP) is 6.02. The number of halogens is 3. The first-order valence-corrected chi connectivity index (χ1v) is 9.27. The van der Waals surface area contributed by atoms with Gasteiger partial charge in [0.25, 0.3) is 5.91 Å². The monoisotopic (exact) mass is 413 g/mol. The van der Waals surface area contributed by atoms with Crippen molar-refractivity contribution in [3.63, 3.8) is 0 Å². The van der Waals surface area contributed by atoms with E-state index < -0.39 is 0 Å². The van der Waals surface area contributed by atoms with Crippen molar-refractivity contribution in [2.24, 2.45) is 0 Å². The molecule has 0 fully saturated rings. The van der Waals surface area contributed by atoms with Crippen LogP contribution >= 0.6 is 46.1 Å². The number of hydrogen-bond acceptors (Lipinski definition) is 4. The maximum absolute atomic E-state index is 12.7. The molecule has 2 heterocycles. The Hall–Kier alpha value is -1.53. The average Bonchev–Trinajstić information content (AvgIpc) is 2.87. The number of pyridine rings is 1. The molecule has 0 saturated heterocycles. The largest absolute Gasteiger partial charge is 0.397 e. The number of anilines is 2. The summed E-state index contributed by atoms with van der Waals surface area (Å²) in [5.74, 6) is -0.365. The number of rotatable bonds is 2. The number of nitrogens with zero attached hydrogens (tertiary/aromatic N) is 1. The normalized spacial score (nSPS) is 11.1. The number of benzene rings is 1. The van der Waals surface area contributed by atoms with E-state index >= 15 is 0 Å². The molecule has 1 aromatic carbocycles. The Morgan fingerprint density at radius 2 is 1.72 bits per heavy atom. The van der Waals surface area contributed by atoms with Crippen molar-refractivity contribution in [2.45, 2.75) is 20.8 Å². The number of carbonyl (C=O) groups excluding carboxylic acids is 1. The molecule has 0 atom stereocenters. The fraction of sp³-hybridized carbons (Fsp3) is 0.176. The molecule has 1 amide bonds. The van der Waals surface area contributed by atoms with Gasteiger partial charge in [0.1, 0.15) is 9.71 Å². The fourth-order valence-electron chi connectivity index (χ4n) is 2.53. The first kappa shape index (κ1) is 18.3. The number of fused-ring (bicyclic) bond motifs is 1. The number of nitrogen functional groups attached to an aromatic ring is 1.